The summed E-state index contributed by atoms with van der Waals surface area (Å²) >= 11 is 16.5. The minimum absolute atomic E-state index is 0. The zero-order chi connectivity index (χ0) is 20.5. The summed E-state index contributed by atoms with van der Waals surface area (Å²) in [7, 11) is 1.56. The number of para-hydroxylation sites is 1. The molecule has 1 amide bonds. The molecule has 0 aromatic heterocycles. The molecule has 0 N–H and O–H groups in total. The van der Waals surface area contributed by atoms with Crippen molar-refractivity contribution in [3.8, 4) is 5.75 Å². The molecule has 4 nitrogen and oxygen atoms in total. The number of ether oxygens (including phenoxy) is 2. The number of carbonyl (C=O) groups excluding carboxylic acids is 1. The van der Waals surface area contributed by atoms with E-state index in [0.717, 1.165) is 16.3 Å². The van der Waals surface area contributed by atoms with E-state index in [2.05, 4.69) is 0 Å². The second kappa shape index (κ2) is 13.0. The van der Waals surface area contributed by atoms with Crippen LogP contribution in [0.2, 0.25) is 5.02 Å². The Morgan fingerprint density at radius 1 is 1.17 bits per heavy atom. The van der Waals surface area contributed by atoms with Gasteiger partial charge >= 0.3 is 21.1 Å². The van der Waals surface area contributed by atoms with E-state index in [1.54, 1.807) is 43.5 Å². The molecule has 8 heteroatoms. The van der Waals surface area contributed by atoms with Gasteiger partial charge in [0.05, 0.1) is 12.1 Å². The standard InChI is InChI=1S/C21H21ClNO3S2.W/c1-3-7-18(15-10-11-19(25-2)17(22)14-15)26-13-12-20(27)21(24)23(28)16-8-5-4-6-9-16;/h4-12,14,27H,3,13H2,1-2H3;/q-1;+2/p-1/b18-7-,20-12-;. The monoisotopic (exact) mass is 617 g/mol. The normalized spacial score (nSPS) is 11.4. The molecule has 0 saturated heterocycles. The predicted molar refractivity (Wildman–Crippen MR) is 119 cm³/mol. The van der Waals surface area contributed by atoms with Crippen LogP contribution in [0.4, 0.5) is 5.69 Å². The van der Waals surface area contributed by atoms with Crippen molar-refractivity contribution in [2.75, 3.05) is 18.0 Å². The van der Waals surface area contributed by atoms with Crippen molar-refractivity contribution >= 4 is 54.4 Å². The first-order valence-corrected chi connectivity index (χ1v) is 9.73. The molecular weight excluding hydrogens is 598 g/mol. The third-order valence-corrected chi connectivity index (χ3v) is 4.73. The Hall–Kier alpha value is -1.46. The van der Waals surface area contributed by atoms with Gasteiger partial charge in [-0.3, -0.25) is 4.79 Å². The molecule has 2 rings (SSSR count). The van der Waals surface area contributed by atoms with Crippen molar-refractivity contribution in [1.29, 1.82) is 0 Å². The molecule has 0 bridgehead atoms. The minimum atomic E-state index is -0.437. The van der Waals surface area contributed by atoms with Crippen LogP contribution in [0.3, 0.4) is 0 Å². The number of allylic oxidation sites excluding steroid dienone is 1. The molecular formula is C21H20ClNO3S2W. The average Bonchev–Trinajstić information content (AvgIpc) is 2.72. The van der Waals surface area contributed by atoms with Gasteiger partial charge in [-0.15, -0.1) is 4.91 Å². The van der Waals surface area contributed by atoms with E-state index in [1.807, 2.05) is 25.1 Å². The molecule has 0 unspecified atom stereocenters. The zero-order valence-electron chi connectivity index (χ0n) is 16.0. The number of anilines is 1. The number of nitrogens with zero attached hydrogens (tertiary/aromatic N) is 1. The summed E-state index contributed by atoms with van der Waals surface area (Å²) in [5.74, 6) is 0.802. The van der Waals surface area contributed by atoms with Crippen LogP contribution in [0.15, 0.2) is 65.6 Å². The van der Waals surface area contributed by atoms with Crippen molar-refractivity contribution in [3.63, 3.8) is 0 Å². The summed E-state index contributed by atoms with van der Waals surface area (Å²) in [6, 6.07) is 14.4. The molecule has 0 heterocycles. The number of hydrogen-bond acceptors (Lipinski definition) is 5. The fourth-order valence-corrected chi connectivity index (χ4v) is 3.04. The van der Waals surface area contributed by atoms with Gasteiger partial charge in [0.25, 0.3) is 0 Å². The van der Waals surface area contributed by atoms with E-state index in [0.29, 0.717) is 22.2 Å². The second-order valence-electron chi connectivity index (χ2n) is 5.64. The summed E-state index contributed by atoms with van der Waals surface area (Å²) in [6.45, 7) is 2.14. The molecule has 0 aliphatic rings. The van der Waals surface area contributed by atoms with Crippen LogP contribution in [-0.2, 0) is 56.0 Å². The first kappa shape index (κ1) is 25.6. The van der Waals surface area contributed by atoms with Crippen molar-refractivity contribution in [2.24, 2.45) is 0 Å². The molecule has 0 spiro atoms. The molecule has 152 valence electrons. The maximum Gasteiger partial charge on any atom is 2.00 e. The molecule has 0 aliphatic carbocycles. The van der Waals surface area contributed by atoms with E-state index in [-0.39, 0.29) is 32.6 Å². The molecule has 2 aromatic rings. The summed E-state index contributed by atoms with van der Waals surface area (Å²) in [5, 5.41) is 0.491. The fraction of sp³-hybridized carbons (Fsp3) is 0.190. The van der Waals surface area contributed by atoms with Crippen molar-refractivity contribution < 1.29 is 35.3 Å². The molecule has 0 radical (unpaired) electrons. The van der Waals surface area contributed by atoms with Gasteiger partial charge in [-0.1, -0.05) is 42.8 Å². The van der Waals surface area contributed by atoms with Gasteiger partial charge in [0.15, 0.2) is 0 Å². The number of rotatable bonds is 8. The third-order valence-electron chi connectivity index (χ3n) is 3.72. The van der Waals surface area contributed by atoms with Crippen LogP contribution in [0.5, 0.6) is 5.75 Å². The SMILES string of the molecule is CC/C=C(\OC/C=C(\[S-])C(=O)N([S-])c1ccccc1)c1ccc(OC)c(Cl)c1.[W+2]. The Morgan fingerprint density at radius 2 is 1.86 bits per heavy atom. The van der Waals surface area contributed by atoms with E-state index >= 15 is 0 Å². The minimum Gasteiger partial charge on any atom is -0.775 e. The van der Waals surface area contributed by atoms with Gasteiger partial charge in [-0.25, -0.2) is 0 Å². The average molecular weight is 618 g/mol. The Bertz CT molecular complexity index is 875. The Labute approximate surface area is 202 Å². The number of hydrogen-bond donors (Lipinski definition) is 0. The van der Waals surface area contributed by atoms with Gasteiger partial charge in [0, 0.05) is 11.3 Å². The molecule has 0 saturated carbocycles. The van der Waals surface area contributed by atoms with Gasteiger partial charge in [-0.2, -0.15) is 0 Å². The fourth-order valence-electron chi connectivity index (χ4n) is 2.34. The van der Waals surface area contributed by atoms with Gasteiger partial charge in [0.1, 0.15) is 18.1 Å². The van der Waals surface area contributed by atoms with Crippen LogP contribution in [0, 0.1) is 0 Å². The third kappa shape index (κ3) is 7.38. The van der Waals surface area contributed by atoms with Crippen molar-refractivity contribution in [3.05, 3.63) is 76.2 Å². The summed E-state index contributed by atoms with van der Waals surface area (Å²) in [5.41, 5.74) is 1.41. The number of carbonyl (C=O) groups is 1. The number of amides is 1. The van der Waals surface area contributed by atoms with Crippen LogP contribution in [0.25, 0.3) is 5.76 Å². The number of halogens is 1. The maximum absolute atomic E-state index is 12.4. The topological polar surface area (TPSA) is 38.8 Å². The zero-order valence-corrected chi connectivity index (χ0v) is 21.3. The molecule has 29 heavy (non-hydrogen) atoms. The first-order valence-electron chi connectivity index (χ1n) is 8.58. The summed E-state index contributed by atoms with van der Waals surface area (Å²) in [6.07, 6.45) is 4.24. The Kier molecular flexibility index (Phi) is 11.4. The largest absolute Gasteiger partial charge is 2.00 e. The van der Waals surface area contributed by atoms with E-state index < -0.39 is 5.91 Å². The van der Waals surface area contributed by atoms with Crippen LogP contribution in [0.1, 0.15) is 18.9 Å². The Morgan fingerprint density at radius 3 is 2.45 bits per heavy atom. The van der Waals surface area contributed by atoms with Gasteiger partial charge in [0.2, 0.25) is 5.91 Å². The van der Waals surface area contributed by atoms with Crippen LogP contribution >= 0.6 is 11.6 Å². The van der Waals surface area contributed by atoms with Gasteiger partial charge < -0.3 is 39.2 Å². The summed E-state index contributed by atoms with van der Waals surface area (Å²) < 4.78 is 12.1. The summed E-state index contributed by atoms with van der Waals surface area (Å²) in [4.78, 5) is 12.5. The van der Waals surface area contributed by atoms with E-state index in [9.17, 15) is 4.79 Å². The second-order valence-corrected chi connectivity index (χ2v) is 6.85. The quantitative estimate of drug-likeness (QED) is 0.236. The molecule has 0 fully saturated rings. The molecule has 0 aliphatic heterocycles. The molecule has 0 atom stereocenters. The van der Waals surface area contributed by atoms with E-state index in [4.69, 9.17) is 46.5 Å². The van der Waals surface area contributed by atoms with Crippen molar-refractivity contribution in [2.45, 2.75) is 13.3 Å². The van der Waals surface area contributed by atoms with Gasteiger partial charge in [-0.05, 0) is 42.8 Å². The number of methoxy groups -OCH3 is 1. The first-order chi connectivity index (χ1) is 13.5. The van der Waals surface area contributed by atoms with Crippen LogP contribution in [-0.4, -0.2) is 19.6 Å². The van der Waals surface area contributed by atoms with E-state index in [1.165, 1.54) is 6.08 Å². The maximum atomic E-state index is 12.4. The number of benzene rings is 2. The van der Waals surface area contributed by atoms with Crippen LogP contribution < -0.4 is 9.04 Å². The van der Waals surface area contributed by atoms with Crippen molar-refractivity contribution in [1.82, 2.24) is 0 Å². The predicted octanol–water partition coefficient (Wildman–Crippen LogP) is 5.04. The Balaban J connectivity index is 0.00000420. The molecule has 2 aromatic carbocycles. The smallest absolute Gasteiger partial charge is 0.775 e.